The van der Waals surface area contributed by atoms with E-state index in [-0.39, 0.29) is 0 Å². The molecule has 2 aromatic rings. The molecule has 94 valence electrons. The fraction of sp³-hybridized carbons (Fsp3) is 0.214. The van der Waals surface area contributed by atoms with Gasteiger partial charge in [0.25, 0.3) is 5.56 Å². The minimum Gasteiger partial charge on any atom is -0.425 e. The SMILES string of the molecule is CN(C)c1cccc(Cc2ccc(=O)n(O)c2)c1. The Balaban J connectivity index is 2.25. The summed E-state index contributed by atoms with van der Waals surface area (Å²) in [6.07, 6.45) is 2.13. The van der Waals surface area contributed by atoms with E-state index in [2.05, 4.69) is 6.07 Å². The molecule has 1 heterocycles. The summed E-state index contributed by atoms with van der Waals surface area (Å²) < 4.78 is 0.616. The molecule has 0 bridgehead atoms. The molecule has 2 rings (SSSR count). The van der Waals surface area contributed by atoms with Gasteiger partial charge in [0.15, 0.2) is 0 Å². The van der Waals surface area contributed by atoms with Crippen LogP contribution in [0, 0.1) is 0 Å². The standard InChI is InChI=1S/C14H16N2O2/c1-15(2)13-5-3-4-11(9-13)8-12-6-7-14(17)16(18)10-12/h3-7,9-10,18H,8H2,1-2H3. The predicted octanol–water partition coefficient (Wildman–Crippen LogP) is 1.74. The first-order chi connectivity index (χ1) is 8.56. The van der Waals surface area contributed by atoms with Crippen molar-refractivity contribution in [2.24, 2.45) is 0 Å². The minimum absolute atomic E-state index is 0.416. The zero-order valence-corrected chi connectivity index (χ0v) is 10.5. The number of pyridine rings is 1. The van der Waals surface area contributed by atoms with E-state index in [1.807, 2.05) is 37.2 Å². The van der Waals surface area contributed by atoms with Crippen LogP contribution >= 0.6 is 0 Å². The molecular formula is C14H16N2O2. The molecule has 4 heteroatoms. The minimum atomic E-state index is -0.416. The van der Waals surface area contributed by atoms with Crippen molar-refractivity contribution < 1.29 is 5.21 Å². The highest BCUT2D eigenvalue weighted by Crippen LogP contribution is 2.16. The monoisotopic (exact) mass is 244 g/mol. The molecule has 18 heavy (non-hydrogen) atoms. The predicted molar refractivity (Wildman–Crippen MR) is 71.5 cm³/mol. The molecule has 0 unspecified atom stereocenters. The van der Waals surface area contributed by atoms with Crippen molar-refractivity contribution in [1.29, 1.82) is 0 Å². The number of hydrogen-bond acceptors (Lipinski definition) is 3. The number of hydrogen-bond donors (Lipinski definition) is 1. The van der Waals surface area contributed by atoms with Crippen LogP contribution in [0.3, 0.4) is 0 Å². The molecule has 0 spiro atoms. The van der Waals surface area contributed by atoms with Gasteiger partial charge in [-0.3, -0.25) is 4.79 Å². The topological polar surface area (TPSA) is 45.5 Å². The van der Waals surface area contributed by atoms with E-state index in [9.17, 15) is 10.0 Å². The van der Waals surface area contributed by atoms with Crippen LogP contribution in [0.1, 0.15) is 11.1 Å². The van der Waals surface area contributed by atoms with E-state index in [0.717, 1.165) is 16.8 Å². The van der Waals surface area contributed by atoms with Crippen LogP contribution in [0.2, 0.25) is 0 Å². The normalized spacial score (nSPS) is 10.3. The fourth-order valence-corrected chi connectivity index (χ4v) is 1.80. The Morgan fingerprint density at radius 1 is 1.17 bits per heavy atom. The fourth-order valence-electron chi connectivity index (χ4n) is 1.80. The Hall–Kier alpha value is -2.23. The van der Waals surface area contributed by atoms with Crippen molar-refractivity contribution in [3.63, 3.8) is 0 Å². The first-order valence-electron chi connectivity index (χ1n) is 5.73. The van der Waals surface area contributed by atoms with Gasteiger partial charge < -0.3 is 10.1 Å². The average Bonchev–Trinajstić information content (AvgIpc) is 2.34. The Kier molecular flexibility index (Phi) is 3.37. The molecule has 0 saturated heterocycles. The van der Waals surface area contributed by atoms with Gasteiger partial charge in [0.05, 0.1) is 6.20 Å². The summed E-state index contributed by atoms with van der Waals surface area (Å²) in [4.78, 5) is 13.1. The maximum Gasteiger partial charge on any atom is 0.282 e. The summed E-state index contributed by atoms with van der Waals surface area (Å²) in [6, 6.07) is 11.3. The Labute approximate surface area is 106 Å². The highest BCUT2D eigenvalue weighted by Gasteiger charge is 2.01. The van der Waals surface area contributed by atoms with Crippen LogP contribution in [0.25, 0.3) is 0 Å². The second kappa shape index (κ2) is 4.96. The van der Waals surface area contributed by atoms with Gasteiger partial charge in [-0.15, -0.1) is 0 Å². The Morgan fingerprint density at radius 3 is 2.61 bits per heavy atom. The largest absolute Gasteiger partial charge is 0.425 e. The lowest BCUT2D eigenvalue weighted by molar-refractivity contribution is 0.174. The van der Waals surface area contributed by atoms with Crippen LogP contribution in [0.5, 0.6) is 0 Å². The third kappa shape index (κ3) is 2.71. The molecule has 4 nitrogen and oxygen atoms in total. The molecule has 0 atom stereocenters. The van der Waals surface area contributed by atoms with Gasteiger partial charge in [-0.25, -0.2) is 0 Å². The van der Waals surface area contributed by atoms with Gasteiger partial charge in [0.1, 0.15) is 0 Å². The van der Waals surface area contributed by atoms with Crippen LogP contribution in [0.15, 0.2) is 47.4 Å². The van der Waals surface area contributed by atoms with Crippen molar-refractivity contribution in [3.05, 3.63) is 64.1 Å². The summed E-state index contributed by atoms with van der Waals surface area (Å²) in [7, 11) is 3.99. The number of benzene rings is 1. The van der Waals surface area contributed by atoms with Crippen LogP contribution in [-0.4, -0.2) is 24.0 Å². The number of aromatic nitrogens is 1. The molecule has 1 aromatic heterocycles. The summed E-state index contributed by atoms with van der Waals surface area (Å²) in [5, 5.41) is 9.32. The third-order valence-corrected chi connectivity index (χ3v) is 2.79. The van der Waals surface area contributed by atoms with E-state index < -0.39 is 5.56 Å². The smallest absolute Gasteiger partial charge is 0.282 e. The molecule has 0 saturated carbocycles. The molecule has 1 N–H and O–H groups in total. The van der Waals surface area contributed by atoms with Gasteiger partial charge in [0.2, 0.25) is 0 Å². The van der Waals surface area contributed by atoms with Gasteiger partial charge in [-0.2, -0.15) is 4.73 Å². The lowest BCUT2D eigenvalue weighted by Crippen LogP contribution is -2.16. The van der Waals surface area contributed by atoms with E-state index in [4.69, 9.17) is 0 Å². The van der Waals surface area contributed by atoms with Gasteiger partial charge >= 0.3 is 0 Å². The van der Waals surface area contributed by atoms with E-state index >= 15 is 0 Å². The molecule has 0 aliphatic carbocycles. The Bertz CT molecular complexity index is 603. The first-order valence-corrected chi connectivity index (χ1v) is 5.73. The summed E-state index contributed by atoms with van der Waals surface area (Å²) in [5.41, 5.74) is 2.75. The van der Waals surface area contributed by atoms with Crippen molar-refractivity contribution in [2.45, 2.75) is 6.42 Å². The van der Waals surface area contributed by atoms with Crippen molar-refractivity contribution in [2.75, 3.05) is 19.0 Å². The second-order valence-corrected chi connectivity index (χ2v) is 4.46. The molecule has 0 aliphatic rings. The molecule has 0 fully saturated rings. The number of nitrogens with zero attached hydrogens (tertiary/aromatic N) is 2. The molecule has 0 amide bonds. The van der Waals surface area contributed by atoms with Gasteiger partial charge in [0, 0.05) is 25.8 Å². The molecular weight excluding hydrogens is 228 g/mol. The molecule has 0 aliphatic heterocycles. The zero-order valence-electron chi connectivity index (χ0n) is 10.5. The van der Waals surface area contributed by atoms with E-state index in [1.54, 1.807) is 6.07 Å². The molecule has 0 radical (unpaired) electrons. The van der Waals surface area contributed by atoms with Crippen LogP contribution < -0.4 is 10.5 Å². The Morgan fingerprint density at radius 2 is 1.94 bits per heavy atom. The van der Waals surface area contributed by atoms with Gasteiger partial charge in [-0.1, -0.05) is 18.2 Å². The summed E-state index contributed by atoms with van der Waals surface area (Å²) in [6.45, 7) is 0. The molecule has 1 aromatic carbocycles. The van der Waals surface area contributed by atoms with Gasteiger partial charge in [-0.05, 0) is 29.7 Å². The van der Waals surface area contributed by atoms with Crippen LogP contribution in [-0.2, 0) is 6.42 Å². The highest BCUT2D eigenvalue weighted by atomic mass is 16.5. The average molecular weight is 244 g/mol. The maximum absolute atomic E-state index is 11.1. The van der Waals surface area contributed by atoms with Crippen molar-refractivity contribution >= 4 is 5.69 Å². The van der Waals surface area contributed by atoms with Crippen molar-refractivity contribution in [1.82, 2.24) is 4.73 Å². The quantitative estimate of drug-likeness (QED) is 0.836. The lowest BCUT2D eigenvalue weighted by Gasteiger charge is -2.13. The number of anilines is 1. The zero-order chi connectivity index (χ0) is 13.1. The maximum atomic E-state index is 11.1. The second-order valence-electron chi connectivity index (χ2n) is 4.46. The van der Waals surface area contributed by atoms with E-state index in [1.165, 1.54) is 12.3 Å². The van der Waals surface area contributed by atoms with Crippen molar-refractivity contribution in [3.8, 4) is 0 Å². The van der Waals surface area contributed by atoms with E-state index in [0.29, 0.717) is 11.2 Å². The summed E-state index contributed by atoms with van der Waals surface area (Å²) in [5.74, 6) is 0. The lowest BCUT2D eigenvalue weighted by atomic mass is 10.1. The highest BCUT2D eigenvalue weighted by molar-refractivity contribution is 5.47. The summed E-state index contributed by atoms with van der Waals surface area (Å²) >= 11 is 0. The van der Waals surface area contributed by atoms with Crippen LogP contribution in [0.4, 0.5) is 5.69 Å². The first kappa shape index (κ1) is 12.2. The number of rotatable bonds is 3. The third-order valence-electron chi connectivity index (χ3n) is 2.79.